The van der Waals surface area contributed by atoms with Crippen molar-refractivity contribution in [1.82, 2.24) is 15.3 Å². The number of benzene rings is 1. The van der Waals surface area contributed by atoms with Crippen molar-refractivity contribution in [2.24, 2.45) is 0 Å². The van der Waals surface area contributed by atoms with E-state index in [0.29, 0.717) is 23.0 Å². The molecular formula is C17H17N3O4. The molecule has 2 aromatic rings. The highest BCUT2D eigenvalue weighted by molar-refractivity contribution is 5.92. The zero-order valence-corrected chi connectivity index (χ0v) is 13.2. The molecular weight excluding hydrogens is 310 g/mol. The van der Waals surface area contributed by atoms with Gasteiger partial charge in [0.05, 0.1) is 7.11 Å². The van der Waals surface area contributed by atoms with Gasteiger partial charge in [-0.05, 0) is 36.6 Å². The maximum Gasteiger partial charge on any atom is 0.339 e. The summed E-state index contributed by atoms with van der Waals surface area (Å²) in [6.07, 6.45) is 3.72. The topological polar surface area (TPSA) is 101 Å². The Hall–Kier alpha value is -2.96. The molecule has 1 saturated carbocycles. The molecule has 7 heteroatoms. The Morgan fingerprint density at radius 2 is 2.12 bits per heavy atom. The Kier molecular flexibility index (Phi) is 4.41. The molecule has 1 amide bonds. The van der Waals surface area contributed by atoms with E-state index in [0.717, 1.165) is 12.8 Å². The van der Waals surface area contributed by atoms with Crippen LogP contribution in [0.5, 0.6) is 5.75 Å². The van der Waals surface area contributed by atoms with E-state index in [4.69, 9.17) is 4.74 Å². The molecule has 0 spiro atoms. The predicted molar refractivity (Wildman–Crippen MR) is 85.1 cm³/mol. The lowest BCUT2D eigenvalue weighted by Crippen LogP contribution is -2.24. The van der Waals surface area contributed by atoms with Crippen LogP contribution in [0.4, 0.5) is 0 Å². The van der Waals surface area contributed by atoms with E-state index >= 15 is 0 Å². The molecule has 0 saturated heterocycles. The van der Waals surface area contributed by atoms with Crippen LogP contribution in [-0.2, 0) is 6.54 Å². The average molecular weight is 327 g/mol. The van der Waals surface area contributed by atoms with Gasteiger partial charge in [0.15, 0.2) is 0 Å². The van der Waals surface area contributed by atoms with Gasteiger partial charge in [-0.2, -0.15) is 0 Å². The maximum absolute atomic E-state index is 12.2. The van der Waals surface area contributed by atoms with Crippen LogP contribution in [0, 0.1) is 0 Å². The fourth-order valence-corrected chi connectivity index (χ4v) is 2.34. The van der Waals surface area contributed by atoms with Gasteiger partial charge in [-0.25, -0.2) is 14.8 Å². The van der Waals surface area contributed by atoms with Crippen LogP contribution in [0.2, 0.25) is 0 Å². The first kappa shape index (κ1) is 15.9. The molecule has 1 aromatic heterocycles. The van der Waals surface area contributed by atoms with Crippen molar-refractivity contribution in [3.8, 4) is 5.75 Å². The van der Waals surface area contributed by atoms with Gasteiger partial charge in [-0.3, -0.25) is 4.79 Å². The van der Waals surface area contributed by atoms with Crippen LogP contribution >= 0.6 is 0 Å². The number of carbonyl (C=O) groups excluding carboxylic acids is 1. The molecule has 3 rings (SSSR count). The van der Waals surface area contributed by atoms with Gasteiger partial charge >= 0.3 is 5.97 Å². The monoisotopic (exact) mass is 327 g/mol. The van der Waals surface area contributed by atoms with E-state index in [1.807, 2.05) is 0 Å². The van der Waals surface area contributed by atoms with Crippen LogP contribution in [-0.4, -0.2) is 34.1 Å². The summed E-state index contributed by atoms with van der Waals surface area (Å²) in [4.78, 5) is 31.9. The quantitative estimate of drug-likeness (QED) is 0.841. The standard InChI is InChI=1S/C17H17N3O4/c1-24-14-5-2-10(8-12(14)17(22)23)9-19-16(21)13-6-7-18-15(20-13)11-3-4-11/h2,5-8,11H,3-4,9H2,1H3,(H,19,21)(H,22,23). The number of nitrogens with one attached hydrogen (secondary N) is 1. The minimum atomic E-state index is -1.08. The van der Waals surface area contributed by atoms with Gasteiger partial charge in [0.2, 0.25) is 0 Å². The molecule has 7 nitrogen and oxygen atoms in total. The summed E-state index contributed by atoms with van der Waals surface area (Å²) in [5.41, 5.74) is 1.04. The lowest BCUT2D eigenvalue weighted by atomic mass is 10.1. The second-order valence-electron chi connectivity index (χ2n) is 5.60. The van der Waals surface area contributed by atoms with E-state index in [1.54, 1.807) is 24.4 Å². The summed E-state index contributed by atoms with van der Waals surface area (Å²) in [6.45, 7) is 0.200. The summed E-state index contributed by atoms with van der Waals surface area (Å²) in [7, 11) is 1.41. The number of aromatic carboxylic acids is 1. The van der Waals surface area contributed by atoms with Crippen molar-refractivity contribution >= 4 is 11.9 Å². The maximum atomic E-state index is 12.2. The Morgan fingerprint density at radius 1 is 1.33 bits per heavy atom. The van der Waals surface area contributed by atoms with E-state index in [9.17, 15) is 14.7 Å². The fourth-order valence-electron chi connectivity index (χ4n) is 2.34. The highest BCUT2D eigenvalue weighted by atomic mass is 16.5. The Morgan fingerprint density at radius 3 is 2.79 bits per heavy atom. The van der Waals surface area contributed by atoms with Crippen molar-refractivity contribution in [1.29, 1.82) is 0 Å². The van der Waals surface area contributed by atoms with E-state index in [-0.39, 0.29) is 23.8 Å². The van der Waals surface area contributed by atoms with Crippen molar-refractivity contribution in [2.75, 3.05) is 7.11 Å². The highest BCUT2D eigenvalue weighted by Gasteiger charge is 2.27. The Balaban J connectivity index is 1.69. The number of carboxylic acid groups (broad SMARTS) is 1. The van der Waals surface area contributed by atoms with Crippen LogP contribution in [0.3, 0.4) is 0 Å². The first-order chi connectivity index (χ1) is 11.6. The Bertz CT molecular complexity index is 787. The third kappa shape index (κ3) is 3.51. The third-order valence-electron chi connectivity index (χ3n) is 3.80. The lowest BCUT2D eigenvalue weighted by molar-refractivity contribution is 0.0693. The molecule has 0 atom stereocenters. The number of ether oxygens (including phenoxy) is 1. The number of hydrogen-bond donors (Lipinski definition) is 2. The molecule has 124 valence electrons. The molecule has 1 aliphatic rings. The predicted octanol–water partition coefficient (Wildman–Crippen LogP) is 1.99. The van der Waals surface area contributed by atoms with Crippen molar-refractivity contribution in [3.05, 3.63) is 53.1 Å². The Labute approximate surface area is 138 Å². The van der Waals surface area contributed by atoms with E-state index < -0.39 is 5.97 Å². The van der Waals surface area contributed by atoms with Crippen LogP contribution in [0.1, 0.15) is 51.0 Å². The second kappa shape index (κ2) is 6.66. The number of methoxy groups -OCH3 is 1. The van der Waals surface area contributed by atoms with Crippen molar-refractivity contribution < 1.29 is 19.4 Å². The smallest absolute Gasteiger partial charge is 0.339 e. The first-order valence-corrected chi connectivity index (χ1v) is 7.60. The summed E-state index contributed by atoms with van der Waals surface area (Å²) in [5.74, 6) is -0.0305. The van der Waals surface area contributed by atoms with Crippen LogP contribution in [0.15, 0.2) is 30.5 Å². The first-order valence-electron chi connectivity index (χ1n) is 7.60. The molecule has 24 heavy (non-hydrogen) atoms. The number of rotatable bonds is 6. The van der Waals surface area contributed by atoms with Crippen molar-refractivity contribution in [3.63, 3.8) is 0 Å². The number of amides is 1. The number of hydrogen-bond acceptors (Lipinski definition) is 5. The summed E-state index contributed by atoms with van der Waals surface area (Å²) in [6, 6.07) is 6.33. The summed E-state index contributed by atoms with van der Waals surface area (Å²) >= 11 is 0. The number of carboxylic acids is 1. The normalized spacial score (nSPS) is 13.4. The molecule has 1 aliphatic carbocycles. The SMILES string of the molecule is COc1ccc(CNC(=O)c2ccnc(C3CC3)n2)cc1C(=O)O. The molecule has 2 N–H and O–H groups in total. The van der Waals surface area contributed by atoms with Crippen molar-refractivity contribution in [2.45, 2.75) is 25.3 Å². The van der Waals surface area contributed by atoms with E-state index in [1.165, 1.54) is 13.2 Å². The van der Waals surface area contributed by atoms with E-state index in [2.05, 4.69) is 15.3 Å². The lowest BCUT2D eigenvalue weighted by Gasteiger charge is -2.09. The number of nitrogens with zero attached hydrogens (tertiary/aromatic N) is 2. The molecule has 0 bridgehead atoms. The highest BCUT2D eigenvalue weighted by Crippen LogP contribution is 2.37. The van der Waals surface area contributed by atoms with Gasteiger partial charge in [-0.15, -0.1) is 0 Å². The van der Waals surface area contributed by atoms with Gasteiger partial charge in [0.25, 0.3) is 5.91 Å². The molecule has 0 unspecified atom stereocenters. The summed E-state index contributed by atoms with van der Waals surface area (Å²) < 4.78 is 5.01. The largest absolute Gasteiger partial charge is 0.496 e. The van der Waals surface area contributed by atoms with Gasteiger partial charge in [0.1, 0.15) is 22.8 Å². The van der Waals surface area contributed by atoms with Gasteiger partial charge in [0, 0.05) is 18.7 Å². The third-order valence-corrected chi connectivity index (χ3v) is 3.80. The molecule has 1 fully saturated rings. The molecule has 0 radical (unpaired) electrons. The van der Waals surface area contributed by atoms with Gasteiger partial charge in [-0.1, -0.05) is 6.07 Å². The zero-order chi connectivity index (χ0) is 17.1. The van der Waals surface area contributed by atoms with Crippen LogP contribution in [0.25, 0.3) is 0 Å². The fraction of sp³-hybridized carbons (Fsp3) is 0.294. The minimum absolute atomic E-state index is 0.0577. The number of carbonyl (C=O) groups is 2. The van der Waals surface area contributed by atoms with Crippen LogP contribution < -0.4 is 10.1 Å². The molecule has 1 heterocycles. The summed E-state index contributed by atoms with van der Waals surface area (Å²) in [5, 5.41) is 11.9. The minimum Gasteiger partial charge on any atom is -0.496 e. The number of aromatic nitrogens is 2. The van der Waals surface area contributed by atoms with Gasteiger partial charge < -0.3 is 15.2 Å². The molecule has 1 aromatic carbocycles. The molecule has 0 aliphatic heterocycles. The second-order valence-corrected chi connectivity index (χ2v) is 5.60. The average Bonchev–Trinajstić information content (AvgIpc) is 3.44. The zero-order valence-electron chi connectivity index (χ0n) is 13.2.